The van der Waals surface area contributed by atoms with Gasteiger partial charge in [-0.2, -0.15) is 0 Å². The molecular weight excluding hydrogens is 386 g/mol. The number of hydrogen-bond acceptors (Lipinski definition) is 3. The Morgan fingerprint density at radius 2 is 2.00 bits per heavy atom. The number of anilines is 1. The molecule has 0 unspecified atom stereocenters. The molecule has 1 amide bonds. The van der Waals surface area contributed by atoms with Crippen molar-refractivity contribution in [3.63, 3.8) is 0 Å². The summed E-state index contributed by atoms with van der Waals surface area (Å²) in [4.78, 5) is 17.8. The van der Waals surface area contributed by atoms with Crippen LogP contribution >= 0.6 is 27.3 Å². The highest BCUT2D eigenvalue weighted by molar-refractivity contribution is 9.10. The highest BCUT2D eigenvalue weighted by atomic mass is 79.9. The third-order valence-corrected chi connectivity index (χ3v) is 4.88. The van der Waals surface area contributed by atoms with Gasteiger partial charge in [0.25, 0.3) is 5.91 Å². The van der Waals surface area contributed by atoms with E-state index < -0.39 is 0 Å². The maximum absolute atomic E-state index is 12.3. The van der Waals surface area contributed by atoms with E-state index in [1.807, 2.05) is 58.6 Å². The number of nitrogens with one attached hydrogen (secondary N) is 1. The van der Waals surface area contributed by atoms with Crippen LogP contribution in [0.2, 0.25) is 0 Å². The van der Waals surface area contributed by atoms with E-state index in [2.05, 4.69) is 26.2 Å². The van der Waals surface area contributed by atoms with E-state index >= 15 is 0 Å². The Kier molecular flexibility index (Phi) is 3.92. The molecule has 0 fully saturated rings. The molecule has 4 aromatic rings. The molecule has 1 N–H and O–H groups in total. The van der Waals surface area contributed by atoms with Crippen LogP contribution in [-0.4, -0.2) is 15.3 Å². The number of nitrogens with zero attached hydrogens (tertiary/aromatic N) is 2. The minimum absolute atomic E-state index is 0.133. The molecule has 4 rings (SSSR count). The predicted molar refractivity (Wildman–Crippen MR) is 101 cm³/mol. The summed E-state index contributed by atoms with van der Waals surface area (Å²) in [6, 6.07) is 15.0. The van der Waals surface area contributed by atoms with Crippen LogP contribution in [0.3, 0.4) is 0 Å². The summed E-state index contributed by atoms with van der Waals surface area (Å²) in [5.74, 6) is -0.133. The Morgan fingerprint density at radius 1 is 1.17 bits per heavy atom. The standard InChI is InChI=1S/C18H12BrN3OS/c19-14-3-1-2-13(10-14)17(23)20-15-6-4-12(5-7-15)16-11-22-8-9-24-18(22)21-16/h1-11H,(H,20,23). The Hall–Kier alpha value is -2.44. The molecule has 0 aliphatic rings. The van der Waals surface area contributed by atoms with E-state index in [0.29, 0.717) is 5.56 Å². The van der Waals surface area contributed by atoms with E-state index in [-0.39, 0.29) is 5.91 Å². The number of aromatic nitrogens is 2. The smallest absolute Gasteiger partial charge is 0.255 e. The molecule has 118 valence electrons. The molecule has 0 atom stereocenters. The number of carbonyl (C=O) groups is 1. The molecule has 0 aliphatic heterocycles. The van der Waals surface area contributed by atoms with Crippen LogP contribution < -0.4 is 5.32 Å². The maximum Gasteiger partial charge on any atom is 0.255 e. The van der Waals surface area contributed by atoms with Crippen molar-refractivity contribution in [2.24, 2.45) is 0 Å². The summed E-state index contributed by atoms with van der Waals surface area (Å²) in [5, 5.41) is 4.91. The van der Waals surface area contributed by atoms with E-state index in [1.54, 1.807) is 23.5 Å². The zero-order chi connectivity index (χ0) is 16.5. The fraction of sp³-hybridized carbons (Fsp3) is 0. The lowest BCUT2D eigenvalue weighted by Crippen LogP contribution is -2.11. The topological polar surface area (TPSA) is 46.4 Å². The summed E-state index contributed by atoms with van der Waals surface area (Å²) in [6.07, 6.45) is 3.99. The second-order valence-corrected chi connectivity index (χ2v) is 7.05. The van der Waals surface area contributed by atoms with Crippen molar-refractivity contribution in [1.29, 1.82) is 0 Å². The quantitative estimate of drug-likeness (QED) is 0.523. The van der Waals surface area contributed by atoms with Crippen LogP contribution in [0, 0.1) is 0 Å². The number of amides is 1. The lowest BCUT2D eigenvalue weighted by Gasteiger charge is -2.06. The Bertz CT molecular complexity index is 992. The molecule has 4 nitrogen and oxygen atoms in total. The van der Waals surface area contributed by atoms with Crippen LogP contribution in [0.4, 0.5) is 5.69 Å². The summed E-state index contributed by atoms with van der Waals surface area (Å²) < 4.78 is 2.88. The molecule has 24 heavy (non-hydrogen) atoms. The number of hydrogen-bond donors (Lipinski definition) is 1. The Balaban J connectivity index is 1.53. The molecular formula is C18H12BrN3OS. The molecule has 0 aliphatic carbocycles. The molecule has 2 aromatic carbocycles. The van der Waals surface area contributed by atoms with Crippen LogP contribution in [0.15, 0.2) is 70.8 Å². The maximum atomic E-state index is 12.3. The lowest BCUT2D eigenvalue weighted by molar-refractivity contribution is 0.102. The van der Waals surface area contributed by atoms with Crippen LogP contribution in [-0.2, 0) is 0 Å². The van der Waals surface area contributed by atoms with Gasteiger partial charge in [-0.3, -0.25) is 9.20 Å². The molecule has 0 saturated carbocycles. The van der Waals surface area contributed by atoms with Gasteiger partial charge in [-0.1, -0.05) is 34.1 Å². The lowest BCUT2D eigenvalue weighted by atomic mass is 10.1. The summed E-state index contributed by atoms with van der Waals surface area (Å²) in [5.41, 5.74) is 3.31. The van der Waals surface area contributed by atoms with Crippen LogP contribution in [0.1, 0.15) is 10.4 Å². The molecule has 2 heterocycles. The summed E-state index contributed by atoms with van der Waals surface area (Å²) in [7, 11) is 0. The van der Waals surface area contributed by atoms with Gasteiger partial charge in [0.1, 0.15) is 0 Å². The van der Waals surface area contributed by atoms with Crippen molar-refractivity contribution in [2.75, 3.05) is 5.32 Å². The van der Waals surface area contributed by atoms with Crippen molar-refractivity contribution < 1.29 is 4.79 Å². The number of halogens is 1. The Morgan fingerprint density at radius 3 is 2.75 bits per heavy atom. The van der Waals surface area contributed by atoms with Gasteiger partial charge in [0.2, 0.25) is 0 Å². The number of thiazole rings is 1. The van der Waals surface area contributed by atoms with Gasteiger partial charge < -0.3 is 5.32 Å². The molecule has 6 heteroatoms. The monoisotopic (exact) mass is 397 g/mol. The highest BCUT2D eigenvalue weighted by Crippen LogP contribution is 2.23. The largest absolute Gasteiger partial charge is 0.322 e. The average molecular weight is 398 g/mol. The van der Waals surface area contributed by atoms with Gasteiger partial charge >= 0.3 is 0 Å². The van der Waals surface area contributed by atoms with Crippen LogP contribution in [0.25, 0.3) is 16.2 Å². The molecule has 0 saturated heterocycles. The van der Waals surface area contributed by atoms with Gasteiger partial charge in [-0.05, 0) is 30.3 Å². The minimum atomic E-state index is -0.133. The van der Waals surface area contributed by atoms with E-state index in [0.717, 1.165) is 26.4 Å². The third-order valence-electron chi connectivity index (χ3n) is 3.62. The van der Waals surface area contributed by atoms with Gasteiger partial charge in [0.05, 0.1) is 5.69 Å². The molecule has 2 aromatic heterocycles. The first-order chi connectivity index (χ1) is 11.7. The second kappa shape index (κ2) is 6.22. The fourth-order valence-electron chi connectivity index (χ4n) is 2.42. The number of benzene rings is 2. The predicted octanol–water partition coefficient (Wildman–Crippen LogP) is 5.08. The summed E-state index contributed by atoms with van der Waals surface area (Å²) >= 11 is 4.98. The van der Waals surface area contributed by atoms with Gasteiger partial charge in [-0.25, -0.2) is 4.98 Å². The van der Waals surface area contributed by atoms with Gasteiger partial charge in [0.15, 0.2) is 4.96 Å². The number of imidazole rings is 1. The summed E-state index contributed by atoms with van der Waals surface area (Å²) in [6.45, 7) is 0. The number of rotatable bonds is 3. The first-order valence-electron chi connectivity index (χ1n) is 7.28. The number of carbonyl (C=O) groups excluding carboxylic acids is 1. The van der Waals surface area contributed by atoms with Crippen LogP contribution in [0.5, 0.6) is 0 Å². The highest BCUT2D eigenvalue weighted by Gasteiger charge is 2.08. The Labute approximate surface area is 150 Å². The van der Waals surface area contributed by atoms with Gasteiger partial charge in [-0.15, -0.1) is 11.3 Å². The third kappa shape index (κ3) is 2.98. The zero-order valence-corrected chi connectivity index (χ0v) is 14.8. The van der Waals surface area contributed by atoms with Crippen molar-refractivity contribution in [1.82, 2.24) is 9.38 Å². The minimum Gasteiger partial charge on any atom is -0.322 e. The molecule has 0 spiro atoms. The number of fused-ring (bicyclic) bond motifs is 1. The molecule has 0 radical (unpaired) electrons. The van der Waals surface area contributed by atoms with Gasteiger partial charge in [0, 0.05) is 39.1 Å². The van der Waals surface area contributed by atoms with Crippen molar-refractivity contribution in [3.8, 4) is 11.3 Å². The SMILES string of the molecule is O=C(Nc1ccc(-c2cn3ccsc3n2)cc1)c1cccc(Br)c1. The van der Waals surface area contributed by atoms with Crippen molar-refractivity contribution in [3.05, 3.63) is 76.3 Å². The average Bonchev–Trinajstić information content (AvgIpc) is 3.17. The van der Waals surface area contributed by atoms with Crippen molar-refractivity contribution in [2.45, 2.75) is 0 Å². The van der Waals surface area contributed by atoms with E-state index in [1.165, 1.54) is 0 Å². The first kappa shape index (κ1) is 15.1. The fourth-order valence-corrected chi connectivity index (χ4v) is 3.52. The second-order valence-electron chi connectivity index (χ2n) is 5.26. The van der Waals surface area contributed by atoms with E-state index in [9.17, 15) is 4.79 Å². The molecule has 0 bridgehead atoms. The van der Waals surface area contributed by atoms with E-state index in [4.69, 9.17) is 0 Å². The van der Waals surface area contributed by atoms with Crippen molar-refractivity contribution >= 4 is 43.8 Å². The first-order valence-corrected chi connectivity index (χ1v) is 8.96. The zero-order valence-electron chi connectivity index (χ0n) is 12.4. The normalized spacial score (nSPS) is 10.9.